The van der Waals surface area contributed by atoms with Crippen LogP contribution in [-0.4, -0.2) is 5.16 Å². The molecule has 0 radical (unpaired) electrons. The first-order valence-corrected chi connectivity index (χ1v) is 12.5. The molecule has 0 fully saturated rings. The summed E-state index contributed by atoms with van der Waals surface area (Å²) >= 11 is 0. The molecule has 2 unspecified atom stereocenters. The van der Waals surface area contributed by atoms with E-state index in [1.807, 2.05) is 0 Å². The largest absolute Gasteiger partial charge is 0.131 e. The summed E-state index contributed by atoms with van der Waals surface area (Å²) < 4.78 is 0. The molecule has 0 aliphatic carbocycles. The van der Waals surface area contributed by atoms with E-state index in [4.69, 9.17) is 0 Å². The summed E-state index contributed by atoms with van der Waals surface area (Å²) in [5.74, 6) is 0.872. The van der Waals surface area contributed by atoms with Crippen LogP contribution >= 0.6 is 26.2 Å². The predicted molar refractivity (Wildman–Crippen MR) is 132 cm³/mol. The molecule has 0 aromatic heterocycles. The van der Waals surface area contributed by atoms with Crippen molar-refractivity contribution >= 4 is 26.2 Å². The smallest absolute Gasteiger partial charge is 0.0125 e. The second-order valence-corrected chi connectivity index (χ2v) is 9.82. The fourth-order valence-electron chi connectivity index (χ4n) is 4.07. The molecule has 0 bridgehead atoms. The minimum atomic E-state index is 0. The van der Waals surface area contributed by atoms with Crippen LogP contribution < -0.4 is 0 Å². The van der Waals surface area contributed by atoms with E-state index < -0.39 is 0 Å². The first-order chi connectivity index (χ1) is 12.1. The zero-order valence-corrected chi connectivity index (χ0v) is 21.7. The van der Waals surface area contributed by atoms with Gasteiger partial charge in [0.2, 0.25) is 0 Å². The summed E-state index contributed by atoms with van der Waals surface area (Å²) in [5, 5.41) is 0.517. The van der Waals surface area contributed by atoms with Gasteiger partial charge in [0.1, 0.15) is 0 Å². The third kappa shape index (κ3) is 15.9. The van der Waals surface area contributed by atoms with E-state index >= 15 is 0 Å². The normalized spacial score (nSPS) is 12.8. The molecule has 0 aromatic carbocycles. The Labute approximate surface area is 180 Å². The Hall–Kier alpha value is 0.910. The molecule has 0 amide bonds. The monoisotopic (exact) mass is 450 g/mol. The van der Waals surface area contributed by atoms with Gasteiger partial charge in [-0.3, -0.25) is 0 Å². The molecule has 0 aliphatic rings. The first-order valence-electron chi connectivity index (χ1n) is 11.9. The van der Waals surface area contributed by atoms with Crippen LogP contribution in [0, 0.1) is 5.92 Å². The van der Waals surface area contributed by atoms with Gasteiger partial charge < -0.3 is 0 Å². The second kappa shape index (κ2) is 20.6. The van der Waals surface area contributed by atoms with Crippen molar-refractivity contribution in [3.05, 3.63) is 0 Å². The van der Waals surface area contributed by atoms with Crippen molar-refractivity contribution in [3.8, 4) is 0 Å². The average Bonchev–Trinajstić information content (AvgIpc) is 2.61. The molecule has 0 saturated carbocycles. The molecular formula is C24H52BrP. The van der Waals surface area contributed by atoms with Crippen LogP contribution in [0.2, 0.25) is 0 Å². The van der Waals surface area contributed by atoms with Crippen LogP contribution in [0.5, 0.6) is 0 Å². The molecule has 0 spiro atoms. The van der Waals surface area contributed by atoms with Gasteiger partial charge in [-0.1, -0.05) is 124 Å². The summed E-state index contributed by atoms with van der Waals surface area (Å²) in [4.78, 5) is 0. The molecule has 26 heavy (non-hydrogen) atoms. The van der Waals surface area contributed by atoms with Gasteiger partial charge >= 0.3 is 0 Å². The van der Waals surface area contributed by atoms with Gasteiger partial charge in [-0.05, 0) is 30.3 Å². The highest BCUT2D eigenvalue weighted by Gasteiger charge is 2.29. The topological polar surface area (TPSA) is 0 Å². The number of unbranched alkanes of at least 4 members (excludes halogenated alkanes) is 12. The first kappa shape index (κ1) is 29.1. The highest BCUT2D eigenvalue weighted by atomic mass is 79.9. The Morgan fingerprint density at radius 1 is 0.577 bits per heavy atom. The molecule has 0 nitrogen and oxygen atoms in total. The highest BCUT2D eigenvalue weighted by Crippen LogP contribution is 2.41. The minimum Gasteiger partial charge on any atom is -0.131 e. The van der Waals surface area contributed by atoms with E-state index in [0.29, 0.717) is 5.16 Å². The van der Waals surface area contributed by atoms with Crippen LogP contribution in [0.4, 0.5) is 0 Å². The van der Waals surface area contributed by atoms with Crippen LogP contribution in [0.1, 0.15) is 143 Å². The van der Waals surface area contributed by atoms with Gasteiger partial charge in [0.05, 0.1) is 0 Å². The maximum Gasteiger partial charge on any atom is -0.0125 e. The predicted octanol–water partition coefficient (Wildman–Crippen LogP) is 9.90. The SMILES string of the molecule is Br.CCCCCCCC(C)C(P)(CCCCCCC)CCCCCCC. The highest BCUT2D eigenvalue weighted by molar-refractivity contribution is 8.93. The van der Waals surface area contributed by atoms with Crippen molar-refractivity contribution < 1.29 is 0 Å². The third-order valence-electron chi connectivity index (χ3n) is 6.21. The zero-order chi connectivity index (χ0) is 18.8. The third-order valence-corrected chi connectivity index (χ3v) is 7.36. The quantitative estimate of drug-likeness (QED) is 0.135. The van der Waals surface area contributed by atoms with Crippen LogP contribution in [0.3, 0.4) is 0 Å². The maximum atomic E-state index is 3.36. The number of halogens is 1. The lowest BCUT2D eigenvalue weighted by Crippen LogP contribution is -2.29. The lowest BCUT2D eigenvalue weighted by molar-refractivity contribution is 0.311. The van der Waals surface area contributed by atoms with Gasteiger partial charge in [-0.2, -0.15) is 0 Å². The molecule has 160 valence electrons. The van der Waals surface area contributed by atoms with Crippen molar-refractivity contribution in [1.82, 2.24) is 0 Å². The fourth-order valence-corrected chi connectivity index (χ4v) is 4.65. The summed E-state index contributed by atoms with van der Waals surface area (Å²) in [7, 11) is 3.36. The molecule has 0 N–H and O–H groups in total. The minimum absolute atomic E-state index is 0. The van der Waals surface area contributed by atoms with Crippen LogP contribution in [-0.2, 0) is 0 Å². The van der Waals surface area contributed by atoms with Crippen molar-refractivity contribution in [3.63, 3.8) is 0 Å². The summed E-state index contributed by atoms with van der Waals surface area (Å²) in [6, 6.07) is 0. The molecule has 0 aliphatic heterocycles. The molecule has 2 atom stereocenters. The van der Waals surface area contributed by atoms with Gasteiger partial charge in [0, 0.05) is 0 Å². The van der Waals surface area contributed by atoms with Crippen molar-refractivity contribution in [1.29, 1.82) is 0 Å². The molecule has 0 heterocycles. The Morgan fingerprint density at radius 3 is 1.31 bits per heavy atom. The van der Waals surface area contributed by atoms with E-state index in [2.05, 4.69) is 36.9 Å². The van der Waals surface area contributed by atoms with E-state index in [1.54, 1.807) is 0 Å². The molecule has 0 rings (SSSR count). The standard InChI is InChI=1S/C24H51P.BrH/c1-5-8-11-14-17-20-23(4)24(25,21-18-15-12-9-6-2)22-19-16-13-10-7-3;/h23H,5-22,25H2,1-4H3;1H. The molecular weight excluding hydrogens is 399 g/mol. The van der Waals surface area contributed by atoms with Gasteiger partial charge in [-0.15, -0.1) is 26.2 Å². The van der Waals surface area contributed by atoms with Gasteiger partial charge in [-0.25, -0.2) is 0 Å². The Morgan fingerprint density at radius 2 is 0.923 bits per heavy atom. The lowest BCUT2D eigenvalue weighted by atomic mass is 9.80. The maximum absolute atomic E-state index is 3.36. The lowest BCUT2D eigenvalue weighted by Gasteiger charge is -2.36. The summed E-state index contributed by atoms with van der Waals surface area (Å²) in [5.41, 5.74) is 0. The Bertz CT molecular complexity index is 253. The number of hydrogen-bond acceptors (Lipinski definition) is 0. The van der Waals surface area contributed by atoms with Crippen molar-refractivity contribution in [2.45, 2.75) is 148 Å². The van der Waals surface area contributed by atoms with E-state index in [1.165, 1.54) is 116 Å². The van der Waals surface area contributed by atoms with Crippen molar-refractivity contribution in [2.24, 2.45) is 5.92 Å². The molecule has 0 aromatic rings. The van der Waals surface area contributed by atoms with Gasteiger partial charge in [0.25, 0.3) is 0 Å². The Balaban J connectivity index is 0. The summed E-state index contributed by atoms with van der Waals surface area (Å²) in [6.45, 7) is 9.49. The molecule has 2 heteroatoms. The Kier molecular flexibility index (Phi) is 23.1. The number of hydrogen-bond donors (Lipinski definition) is 0. The molecule has 0 saturated heterocycles. The van der Waals surface area contributed by atoms with Crippen molar-refractivity contribution in [2.75, 3.05) is 0 Å². The van der Waals surface area contributed by atoms with E-state index in [0.717, 1.165) is 5.92 Å². The summed E-state index contributed by atoms with van der Waals surface area (Å²) in [6.07, 6.45) is 25.7. The average molecular weight is 452 g/mol. The van der Waals surface area contributed by atoms with E-state index in [9.17, 15) is 0 Å². The number of rotatable bonds is 19. The zero-order valence-electron chi connectivity index (χ0n) is 18.8. The second-order valence-electron chi connectivity index (χ2n) is 8.67. The van der Waals surface area contributed by atoms with Crippen LogP contribution in [0.15, 0.2) is 0 Å². The van der Waals surface area contributed by atoms with Gasteiger partial charge in [0.15, 0.2) is 0 Å². The van der Waals surface area contributed by atoms with E-state index in [-0.39, 0.29) is 17.0 Å². The van der Waals surface area contributed by atoms with Crippen LogP contribution in [0.25, 0.3) is 0 Å². The fraction of sp³-hybridized carbons (Fsp3) is 1.00.